The van der Waals surface area contributed by atoms with E-state index in [0.29, 0.717) is 13.0 Å². The first-order valence-corrected chi connectivity index (χ1v) is 6.95. The van der Waals surface area contributed by atoms with Gasteiger partial charge in [-0.3, -0.25) is 4.79 Å². The minimum atomic E-state index is -0.0878. The molecule has 2 N–H and O–H groups in total. The van der Waals surface area contributed by atoms with Gasteiger partial charge in [0.25, 0.3) is 0 Å². The zero-order valence-electron chi connectivity index (χ0n) is 12.4. The maximum absolute atomic E-state index is 12.0. The largest absolute Gasteiger partial charge is 0.496 e. The van der Waals surface area contributed by atoms with Crippen molar-refractivity contribution >= 4 is 18.3 Å². The van der Waals surface area contributed by atoms with Crippen LogP contribution >= 0.6 is 12.4 Å². The molecular weight excluding hydrogens is 292 g/mol. The number of carbonyl (C=O) groups is 1. The highest BCUT2D eigenvalue weighted by Crippen LogP contribution is 2.24. The van der Waals surface area contributed by atoms with Crippen LogP contribution in [0.5, 0.6) is 5.75 Å². The summed E-state index contributed by atoms with van der Waals surface area (Å²) >= 11 is 0. The van der Waals surface area contributed by atoms with Crippen molar-refractivity contribution in [3.05, 3.63) is 29.8 Å². The summed E-state index contributed by atoms with van der Waals surface area (Å²) in [6.45, 7) is 4.21. The van der Waals surface area contributed by atoms with E-state index in [0.717, 1.165) is 24.4 Å². The summed E-state index contributed by atoms with van der Waals surface area (Å²) < 4.78 is 10.8. The number of hydrogen-bond acceptors (Lipinski definition) is 4. The van der Waals surface area contributed by atoms with Crippen LogP contribution in [0, 0.1) is 0 Å². The molecule has 0 bridgehead atoms. The minimum absolute atomic E-state index is 0. The Morgan fingerprint density at radius 1 is 1.52 bits per heavy atom. The maximum Gasteiger partial charge on any atom is 0.223 e. The standard InChI is InChI=1S/C15H22N2O3.ClH/c1-11(13-5-3-4-6-14(13)19-2)17-15(18)9-12-10-16-7-8-20-12;/h3-6,11-12,16H,7-10H2,1-2H3,(H,17,18);1H. The van der Waals surface area contributed by atoms with Crippen molar-refractivity contribution in [1.29, 1.82) is 0 Å². The Hall–Kier alpha value is -1.30. The van der Waals surface area contributed by atoms with Gasteiger partial charge in [0.2, 0.25) is 5.91 Å². The van der Waals surface area contributed by atoms with E-state index in [1.807, 2.05) is 31.2 Å². The average Bonchev–Trinajstić information content (AvgIpc) is 2.48. The number of morpholine rings is 1. The van der Waals surface area contributed by atoms with Gasteiger partial charge >= 0.3 is 0 Å². The Balaban J connectivity index is 0.00000220. The highest BCUT2D eigenvalue weighted by Gasteiger charge is 2.19. The molecule has 1 aromatic rings. The quantitative estimate of drug-likeness (QED) is 0.868. The molecule has 118 valence electrons. The van der Waals surface area contributed by atoms with Crippen molar-refractivity contribution in [3.63, 3.8) is 0 Å². The summed E-state index contributed by atoms with van der Waals surface area (Å²) in [5.74, 6) is 0.785. The number of para-hydroxylation sites is 1. The second-order valence-corrected chi connectivity index (χ2v) is 4.93. The second kappa shape index (κ2) is 8.87. The molecule has 1 aliphatic rings. The fourth-order valence-corrected chi connectivity index (χ4v) is 2.36. The van der Waals surface area contributed by atoms with Crippen molar-refractivity contribution in [3.8, 4) is 5.75 Å². The molecule has 2 rings (SSSR count). The molecule has 1 saturated heterocycles. The number of ether oxygens (including phenoxy) is 2. The highest BCUT2D eigenvalue weighted by atomic mass is 35.5. The van der Waals surface area contributed by atoms with Gasteiger partial charge in [-0.2, -0.15) is 0 Å². The van der Waals surface area contributed by atoms with E-state index in [9.17, 15) is 4.79 Å². The third-order valence-electron chi connectivity index (χ3n) is 3.40. The van der Waals surface area contributed by atoms with Crippen molar-refractivity contribution in [2.45, 2.75) is 25.5 Å². The monoisotopic (exact) mass is 314 g/mol. The third-order valence-corrected chi connectivity index (χ3v) is 3.40. The fourth-order valence-electron chi connectivity index (χ4n) is 2.36. The Labute approximate surface area is 131 Å². The maximum atomic E-state index is 12.0. The smallest absolute Gasteiger partial charge is 0.223 e. The number of amides is 1. The molecule has 1 amide bonds. The van der Waals surface area contributed by atoms with Gasteiger partial charge in [0, 0.05) is 18.7 Å². The van der Waals surface area contributed by atoms with Crippen molar-refractivity contribution in [2.24, 2.45) is 0 Å². The molecule has 0 radical (unpaired) electrons. The number of hydrogen-bond donors (Lipinski definition) is 2. The normalized spacial score (nSPS) is 19.2. The molecule has 0 saturated carbocycles. The van der Waals surface area contributed by atoms with Gasteiger partial charge in [0.1, 0.15) is 5.75 Å². The van der Waals surface area contributed by atoms with Crippen LogP contribution in [0.2, 0.25) is 0 Å². The Bertz CT molecular complexity index is 450. The van der Waals surface area contributed by atoms with E-state index in [4.69, 9.17) is 9.47 Å². The number of benzene rings is 1. The first-order chi connectivity index (χ1) is 9.70. The summed E-state index contributed by atoms with van der Waals surface area (Å²) in [7, 11) is 1.63. The lowest BCUT2D eigenvalue weighted by molar-refractivity contribution is -0.125. The van der Waals surface area contributed by atoms with E-state index in [-0.39, 0.29) is 30.5 Å². The van der Waals surface area contributed by atoms with Gasteiger partial charge in [0.05, 0.1) is 32.3 Å². The number of nitrogens with one attached hydrogen (secondary N) is 2. The lowest BCUT2D eigenvalue weighted by atomic mass is 10.1. The lowest BCUT2D eigenvalue weighted by Crippen LogP contribution is -2.41. The predicted molar refractivity (Wildman–Crippen MR) is 84.0 cm³/mol. The van der Waals surface area contributed by atoms with Crippen LogP contribution in [0.1, 0.15) is 24.9 Å². The van der Waals surface area contributed by atoms with Crippen LogP contribution in [-0.4, -0.2) is 38.8 Å². The predicted octanol–water partition coefficient (Wildman–Crippen LogP) is 1.67. The van der Waals surface area contributed by atoms with Gasteiger partial charge in [-0.25, -0.2) is 0 Å². The van der Waals surface area contributed by atoms with Crippen LogP contribution in [0.15, 0.2) is 24.3 Å². The molecule has 21 heavy (non-hydrogen) atoms. The molecule has 6 heteroatoms. The number of halogens is 1. The molecule has 0 spiro atoms. The SMILES string of the molecule is COc1ccccc1C(C)NC(=O)CC1CNCCO1.Cl. The molecule has 2 unspecified atom stereocenters. The van der Waals surface area contributed by atoms with Crippen molar-refractivity contribution in [1.82, 2.24) is 10.6 Å². The highest BCUT2D eigenvalue weighted by molar-refractivity contribution is 5.85. The molecule has 5 nitrogen and oxygen atoms in total. The van der Waals surface area contributed by atoms with Crippen LogP contribution < -0.4 is 15.4 Å². The van der Waals surface area contributed by atoms with Crippen LogP contribution in [0.4, 0.5) is 0 Å². The van der Waals surface area contributed by atoms with E-state index < -0.39 is 0 Å². The molecule has 2 atom stereocenters. The van der Waals surface area contributed by atoms with E-state index in [2.05, 4.69) is 10.6 Å². The Morgan fingerprint density at radius 2 is 2.29 bits per heavy atom. The van der Waals surface area contributed by atoms with Gasteiger partial charge in [-0.05, 0) is 13.0 Å². The Morgan fingerprint density at radius 3 is 2.95 bits per heavy atom. The Kier molecular flexibility index (Phi) is 7.50. The lowest BCUT2D eigenvalue weighted by Gasteiger charge is -2.24. The number of methoxy groups -OCH3 is 1. The van der Waals surface area contributed by atoms with Crippen LogP contribution in [0.3, 0.4) is 0 Å². The molecule has 0 aromatic heterocycles. The number of rotatable bonds is 5. The van der Waals surface area contributed by atoms with Crippen LogP contribution in [-0.2, 0) is 9.53 Å². The molecule has 1 aromatic carbocycles. The summed E-state index contributed by atoms with van der Waals surface area (Å²) in [6.07, 6.45) is 0.348. The first-order valence-electron chi connectivity index (χ1n) is 6.95. The molecule has 0 aliphatic carbocycles. The average molecular weight is 315 g/mol. The summed E-state index contributed by atoms with van der Waals surface area (Å²) in [6, 6.07) is 7.62. The minimum Gasteiger partial charge on any atom is -0.496 e. The molecule has 1 aliphatic heterocycles. The summed E-state index contributed by atoms with van der Waals surface area (Å²) in [5.41, 5.74) is 0.978. The van der Waals surface area contributed by atoms with Crippen molar-refractivity contribution in [2.75, 3.05) is 26.8 Å². The second-order valence-electron chi connectivity index (χ2n) is 4.93. The first kappa shape index (κ1) is 17.8. The van der Waals surface area contributed by atoms with Crippen LogP contribution in [0.25, 0.3) is 0 Å². The molecule has 1 fully saturated rings. The fraction of sp³-hybridized carbons (Fsp3) is 0.533. The zero-order chi connectivity index (χ0) is 14.4. The summed E-state index contributed by atoms with van der Waals surface area (Å²) in [5, 5.41) is 6.21. The summed E-state index contributed by atoms with van der Waals surface area (Å²) in [4.78, 5) is 12.0. The van der Waals surface area contributed by atoms with E-state index >= 15 is 0 Å². The third kappa shape index (κ3) is 5.19. The van der Waals surface area contributed by atoms with Gasteiger partial charge < -0.3 is 20.1 Å². The zero-order valence-corrected chi connectivity index (χ0v) is 13.2. The molecule has 1 heterocycles. The van der Waals surface area contributed by atoms with E-state index in [1.165, 1.54) is 0 Å². The van der Waals surface area contributed by atoms with Gasteiger partial charge in [-0.1, -0.05) is 18.2 Å². The molecular formula is C15H23ClN2O3. The van der Waals surface area contributed by atoms with Gasteiger partial charge in [0.15, 0.2) is 0 Å². The van der Waals surface area contributed by atoms with Gasteiger partial charge in [-0.15, -0.1) is 12.4 Å². The van der Waals surface area contributed by atoms with E-state index in [1.54, 1.807) is 7.11 Å². The number of carbonyl (C=O) groups excluding carboxylic acids is 1. The van der Waals surface area contributed by atoms with Crippen molar-refractivity contribution < 1.29 is 14.3 Å². The topological polar surface area (TPSA) is 59.6 Å².